The van der Waals surface area contributed by atoms with Gasteiger partial charge in [-0.05, 0) is 35.7 Å². The standard InChI is InChI=1S/C43H26N4O/c1-3-13-27(14-4-1)41-44-42(28-15-5-2-6-16-28)46-43(45-41)36-26-35-33-24-23-29(25-39(33)48-40(35)34-20-8-7-17-30(34)36)47-37-21-11-9-18-31(37)32-19-10-12-22-38(32)47/h1-26H. The summed E-state index contributed by atoms with van der Waals surface area (Å²) >= 11 is 0. The van der Waals surface area contributed by atoms with Crippen molar-refractivity contribution < 1.29 is 4.42 Å². The van der Waals surface area contributed by atoms with Crippen molar-refractivity contribution in [3.8, 4) is 39.9 Å². The van der Waals surface area contributed by atoms with Gasteiger partial charge in [0.25, 0.3) is 0 Å². The van der Waals surface area contributed by atoms with Crippen molar-refractivity contribution in [3.63, 3.8) is 0 Å². The Kier molecular flexibility index (Phi) is 5.81. The number of hydrogen-bond donors (Lipinski definition) is 0. The van der Waals surface area contributed by atoms with Gasteiger partial charge < -0.3 is 8.98 Å². The van der Waals surface area contributed by atoms with Crippen molar-refractivity contribution in [3.05, 3.63) is 158 Å². The average molecular weight is 615 g/mol. The largest absolute Gasteiger partial charge is 0.455 e. The van der Waals surface area contributed by atoms with E-state index in [1.807, 2.05) is 60.7 Å². The highest BCUT2D eigenvalue weighted by Gasteiger charge is 2.20. The lowest BCUT2D eigenvalue weighted by atomic mass is 9.99. The van der Waals surface area contributed by atoms with Gasteiger partial charge in [0.05, 0.1) is 11.0 Å². The highest BCUT2D eigenvalue weighted by atomic mass is 16.3. The Hall–Kier alpha value is -6.59. The van der Waals surface area contributed by atoms with Crippen LogP contribution in [0.3, 0.4) is 0 Å². The fourth-order valence-electron chi connectivity index (χ4n) is 7.04. The van der Waals surface area contributed by atoms with Gasteiger partial charge in [0.2, 0.25) is 0 Å². The van der Waals surface area contributed by atoms with E-state index in [-0.39, 0.29) is 0 Å². The molecule has 0 aliphatic rings. The Balaban J connectivity index is 1.22. The summed E-state index contributed by atoms with van der Waals surface area (Å²) in [6, 6.07) is 54.4. The first-order valence-electron chi connectivity index (χ1n) is 16.0. The number of furan rings is 1. The van der Waals surface area contributed by atoms with Crippen molar-refractivity contribution in [2.24, 2.45) is 0 Å². The lowest BCUT2D eigenvalue weighted by Gasteiger charge is -2.11. The van der Waals surface area contributed by atoms with Gasteiger partial charge in [-0.2, -0.15) is 0 Å². The molecule has 0 N–H and O–H groups in total. The van der Waals surface area contributed by atoms with E-state index in [0.29, 0.717) is 17.5 Å². The quantitative estimate of drug-likeness (QED) is 0.198. The Morgan fingerprint density at radius 3 is 1.54 bits per heavy atom. The van der Waals surface area contributed by atoms with Crippen LogP contribution in [0.5, 0.6) is 0 Å². The number of aromatic nitrogens is 4. The van der Waals surface area contributed by atoms with Gasteiger partial charge in [-0.25, -0.2) is 15.0 Å². The first kappa shape index (κ1) is 26.6. The third kappa shape index (κ3) is 4.08. The van der Waals surface area contributed by atoms with Crippen LogP contribution in [0, 0.1) is 0 Å². The number of rotatable bonds is 4. The molecule has 0 unspecified atom stereocenters. The Morgan fingerprint density at radius 2 is 0.917 bits per heavy atom. The second-order valence-electron chi connectivity index (χ2n) is 12.0. The van der Waals surface area contributed by atoms with Crippen LogP contribution >= 0.6 is 0 Å². The number of hydrogen-bond acceptors (Lipinski definition) is 4. The molecule has 0 amide bonds. The molecule has 0 fully saturated rings. The Bertz CT molecular complexity index is 2720. The van der Waals surface area contributed by atoms with Crippen LogP contribution in [0.2, 0.25) is 0 Å². The molecule has 10 aromatic rings. The maximum Gasteiger partial charge on any atom is 0.164 e. The number of para-hydroxylation sites is 2. The summed E-state index contributed by atoms with van der Waals surface area (Å²) < 4.78 is 9.06. The monoisotopic (exact) mass is 614 g/mol. The van der Waals surface area contributed by atoms with Gasteiger partial charge in [0.1, 0.15) is 11.2 Å². The minimum atomic E-state index is 0.622. The van der Waals surface area contributed by atoms with Crippen LogP contribution in [-0.4, -0.2) is 19.5 Å². The molecule has 224 valence electrons. The van der Waals surface area contributed by atoms with Crippen molar-refractivity contribution >= 4 is 54.5 Å². The van der Waals surface area contributed by atoms with Crippen LogP contribution in [0.1, 0.15) is 0 Å². The highest BCUT2D eigenvalue weighted by Crippen LogP contribution is 2.41. The van der Waals surface area contributed by atoms with Crippen molar-refractivity contribution in [2.75, 3.05) is 0 Å². The van der Waals surface area contributed by atoms with Gasteiger partial charge >= 0.3 is 0 Å². The van der Waals surface area contributed by atoms with Gasteiger partial charge in [0, 0.05) is 55.4 Å². The molecule has 3 aromatic heterocycles. The minimum Gasteiger partial charge on any atom is -0.455 e. The molecule has 0 radical (unpaired) electrons. The van der Waals surface area contributed by atoms with Crippen LogP contribution in [0.25, 0.3) is 94.4 Å². The van der Waals surface area contributed by atoms with Crippen LogP contribution in [-0.2, 0) is 0 Å². The van der Waals surface area contributed by atoms with Crippen molar-refractivity contribution in [1.29, 1.82) is 0 Å². The molecule has 0 aliphatic heterocycles. The fraction of sp³-hybridized carbons (Fsp3) is 0. The number of nitrogens with zero attached hydrogens (tertiary/aromatic N) is 4. The van der Waals surface area contributed by atoms with E-state index in [2.05, 4.69) is 102 Å². The predicted molar refractivity (Wildman–Crippen MR) is 195 cm³/mol. The second kappa shape index (κ2) is 10.5. The van der Waals surface area contributed by atoms with E-state index in [1.54, 1.807) is 0 Å². The predicted octanol–water partition coefficient (Wildman–Crippen LogP) is 11.0. The third-order valence-electron chi connectivity index (χ3n) is 9.24. The number of fused-ring (bicyclic) bond motifs is 8. The van der Waals surface area contributed by atoms with E-state index in [9.17, 15) is 0 Å². The second-order valence-corrected chi connectivity index (χ2v) is 12.0. The zero-order valence-electron chi connectivity index (χ0n) is 25.7. The summed E-state index contributed by atoms with van der Waals surface area (Å²) in [6.45, 7) is 0. The third-order valence-corrected chi connectivity index (χ3v) is 9.24. The molecule has 10 rings (SSSR count). The molecule has 0 saturated heterocycles. The smallest absolute Gasteiger partial charge is 0.164 e. The van der Waals surface area contributed by atoms with Gasteiger partial charge in [-0.15, -0.1) is 0 Å². The van der Waals surface area contributed by atoms with Crippen molar-refractivity contribution in [1.82, 2.24) is 19.5 Å². The number of benzene rings is 7. The van der Waals surface area contributed by atoms with Crippen LogP contribution in [0.15, 0.2) is 162 Å². The zero-order valence-corrected chi connectivity index (χ0v) is 25.7. The van der Waals surface area contributed by atoms with Crippen LogP contribution in [0.4, 0.5) is 0 Å². The summed E-state index contributed by atoms with van der Waals surface area (Å²) in [5, 5.41) is 6.57. The zero-order chi connectivity index (χ0) is 31.6. The van der Waals surface area contributed by atoms with Crippen molar-refractivity contribution in [2.45, 2.75) is 0 Å². The lowest BCUT2D eigenvalue weighted by molar-refractivity contribution is 0.672. The van der Waals surface area contributed by atoms with E-state index in [1.165, 1.54) is 21.8 Å². The molecule has 0 atom stereocenters. The van der Waals surface area contributed by atoms with E-state index in [0.717, 1.165) is 55.1 Å². The SMILES string of the molecule is c1ccc(-c2nc(-c3ccccc3)nc(-c3cc4c5ccc(-n6c7ccccc7c7ccccc76)cc5oc4c4ccccc34)n2)cc1. The van der Waals surface area contributed by atoms with Gasteiger partial charge in [-0.1, -0.05) is 121 Å². The summed E-state index contributed by atoms with van der Waals surface area (Å²) in [6.07, 6.45) is 0. The molecule has 7 aromatic carbocycles. The van der Waals surface area contributed by atoms with E-state index in [4.69, 9.17) is 19.4 Å². The Labute approximate surface area is 275 Å². The average Bonchev–Trinajstić information content (AvgIpc) is 3.70. The molecule has 0 spiro atoms. The molecule has 3 heterocycles. The van der Waals surface area contributed by atoms with Crippen LogP contribution < -0.4 is 0 Å². The molecular formula is C43H26N4O. The molecule has 0 saturated carbocycles. The maximum atomic E-state index is 6.74. The molecule has 5 heteroatoms. The topological polar surface area (TPSA) is 56.7 Å². The minimum absolute atomic E-state index is 0.622. The maximum absolute atomic E-state index is 6.74. The first-order chi connectivity index (χ1) is 23.8. The fourth-order valence-corrected chi connectivity index (χ4v) is 7.04. The van der Waals surface area contributed by atoms with E-state index >= 15 is 0 Å². The van der Waals surface area contributed by atoms with Gasteiger partial charge in [-0.3, -0.25) is 0 Å². The molecule has 48 heavy (non-hydrogen) atoms. The molecule has 5 nitrogen and oxygen atoms in total. The first-order valence-corrected chi connectivity index (χ1v) is 16.0. The van der Waals surface area contributed by atoms with Gasteiger partial charge in [0.15, 0.2) is 17.5 Å². The highest BCUT2D eigenvalue weighted by molar-refractivity contribution is 6.19. The summed E-state index contributed by atoms with van der Waals surface area (Å²) in [5.74, 6) is 1.89. The normalized spacial score (nSPS) is 11.8. The van der Waals surface area contributed by atoms with E-state index < -0.39 is 0 Å². The Morgan fingerprint density at radius 1 is 0.396 bits per heavy atom. The molecule has 0 aliphatic carbocycles. The summed E-state index contributed by atoms with van der Waals surface area (Å²) in [7, 11) is 0. The molecular weight excluding hydrogens is 589 g/mol. The molecule has 0 bridgehead atoms. The summed E-state index contributed by atoms with van der Waals surface area (Å²) in [4.78, 5) is 15.1. The lowest BCUT2D eigenvalue weighted by Crippen LogP contribution is -2.00. The summed E-state index contributed by atoms with van der Waals surface area (Å²) in [5.41, 5.74) is 7.89.